The van der Waals surface area contributed by atoms with Crippen molar-refractivity contribution < 1.29 is 9.53 Å². The highest BCUT2D eigenvalue weighted by molar-refractivity contribution is 7.80. The highest BCUT2D eigenvalue weighted by Gasteiger charge is 2.32. The van der Waals surface area contributed by atoms with E-state index in [1.807, 2.05) is 19.1 Å². The topological polar surface area (TPSA) is 41.6 Å². The van der Waals surface area contributed by atoms with Crippen molar-refractivity contribution in [2.75, 3.05) is 12.0 Å². The summed E-state index contributed by atoms with van der Waals surface area (Å²) < 4.78 is 5.49. The molecule has 0 saturated carbocycles. The summed E-state index contributed by atoms with van der Waals surface area (Å²) in [5.41, 5.74) is 4.19. The number of amides is 1. The van der Waals surface area contributed by atoms with Crippen LogP contribution in [-0.4, -0.2) is 18.1 Å². The minimum absolute atomic E-state index is 0.191. The summed E-state index contributed by atoms with van der Waals surface area (Å²) >= 11 is 11.3. The third-order valence-electron chi connectivity index (χ3n) is 4.50. The molecule has 4 nitrogen and oxygen atoms in total. The van der Waals surface area contributed by atoms with Gasteiger partial charge < -0.3 is 10.1 Å². The molecule has 3 rings (SSSR count). The number of anilines is 1. The highest BCUT2D eigenvalue weighted by Crippen LogP contribution is 2.31. The number of hydrogen-bond donors (Lipinski definition) is 1. The van der Waals surface area contributed by atoms with Crippen LogP contribution in [0.4, 0.5) is 5.69 Å². The number of ether oxygens (including phenoxy) is 1. The standard InChI is InChI=1S/C21H21ClN2O2S/c1-12(2)17-10-14(13(3)9-19(17)26-4)11-18-20(25)24(21(27)23-18)16-7-5-15(22)6-8-16/h5-12H,1-4H3,(H,23,27)/b18-11-. The maximum Gasteiger partial charge on any atom is 0.281 e. The van der Waals surface area contributed by atoms with Gasteiger partial charge in [-0.05, 0) is 84.2 Å². The zero-order valence-corrected chi connectivity index (χ0v) is 17.2. The molecule has 0 aliphatic carbocycles. The fraction of sp³-hybridized carbons (Fsp3) is 0.238. The van der Waals surface area contributed by atoms with E-state index in [0.717, 1.165) is 22.4 Å². The average molecular weight is 401 g/mol. The SMILES string of the molecule is COc1cc(C)c(/C=C2\NC(=S)N(c3ccc(Cl)cc3)C2=O)cc1C(C)C. The molecule has 1 aliphatic heterocycles. The molecule has 0 atom stereocenters. The molecule has 27 heavy (non-hydrogen) atoms. The summed E-state index contributed by atoms with van der Waals surface area (Å²) in [7, 11) is 1.67. The van der Waals surface area contributed by atoms with Gasteiger partial charge >= 0.3 is 0 Å². The Hall–Kier alpha value is -2.37. The predicted octanol–water partition coefficient (Wildman–Crippen LogP) is 5.04. The smallest absolute Gasteiger partial charge is 0.281 e. The van der Waals surface area contributed by atoms with E-state index in [1.165, 1.54) is 4.90 Å². The highest BCUT2D eigenvalue weighted by atomic mass is 35.5. The van der Waals surface area contributed by atoms with Crippen molar-refractivity contribution in [1.29, 1.82) is 0 Å². The lowest BCUT2D eigenvalue weighted by Crippen LogP contribution is -2.30. The van der Waals surface area contributed by atoms with Gasteiger partial charge in [-0.3, -0.25) is 9.69 Å². The number of aryl methyl sites for hydroxylation is 1. The van der Waals surface area contributed by atoms with Crippen LogP contribution in [0.5, 0.6) is 5.75 Å². The summed E-state index contributed by atoms with van der Waals surface area (Å²) in [6.07, 6.45) is 1.84. The zero-order chi connectivity index (χ0) is 19.7. The van der Waals surface area contributed by atoms with Gasteiger partial charge in [-0.15, -0.1) is 0 Å². The number of halogens is 1. The third-order valence-corrected chi connectivity index (χ3v) is 5.04. The lowest BCUT2D eigenvalue weighted by atomic mass is 9.96. The van der Waals surface area contributed by atoms with Crippen molar-refractivity contribution in [2.24, 2.45) is 0 Å². The molecule has 0 unspecified atom stereocenters. The van der Waals surface area contributed by atoms with E-state index in [2.05, 4.69) is 25.2 Å². The maximum atomic E-state index is 12.9. The number of rotatable bonds is 4. The Labute approximate surface area is 169 Å². The second-order valence-corrected chi connectivity index (χ2v) is 7.53. The summed E-state index contributed by atoms with van der Waals surface area (Å²) in [4.78, 5) is 14.4. The Morgan fingerprint density at radius 3 is 2.48 bits per heavy atom. The van der Waals surface area contributed by atoms with Crippen LogP contribution in [0.3, 0.4) is 0 Å². The Morgan fingerprint density at radius 2 is 1.89 bits per heavy atom. The first-order valence-electron chi connectivity index (χ1n) is 8.63. The van der Waals surface area contributed by atoms with Crippen LogP contribution in [-0.2, 0) is 4.79 Å². The summed E-state index contributed by atoms with van der Waals surface area (Å²) in [5, 5.41) is 3.98. The lowest BCUT2D eigenvalue weighted by Gasteiger charge is -2.15. The van der Waals surface area contributed by atoms with Crippen LogP contribution in [0.15, 0.2) is 42.1 Å². The number of thiocarbonyl (C=S) groups is 1. The minimum Gasteiger partial charge on any atom is -0.496 e. The number of hydrogen-bond acceptors (Lipinski definition) is 3. The van der Waals surface area contributed by atoms with Crippen molar-refractivity contribution in [3.63, 3.8) is 0 Å². The molecule has 1 saturated heterocycles. The third kappa shape index (κ3) is 3.84. The number of carbonyl (C=O) groups excluding carboxylic acids is 1. The molecule has 0 bridgehead atoms. The Balaban J connectivity index is 1.99. The average Bonchev–Trinajstić information content (AvgIpc) is 2.90. The van der Waals surface area contributed by atoms with E-state index in [9.17, 15) is 4.79 Å². The van der Waals surface area contributed by atoms with E-state index < -0.39 is 0 Å². The zero-order valence-electron chi connectivity index (χ0n) is 15.7. The van der Waals surface area contributed by atoms with Gasteiger partial charge in [0.1, 0.15) is 11.4 Å². The molecule has 1 aliphatic rings. The van der Waals surface area contributed by atoms with Gasteiger partial charge in [0, 0.05) is 5.02 Å². The molecule has 1 N–H and O–H groups in total. The van der Waals surface area contributed by atoms with Gasteiger partial charge in [-0.1, -0.05) is 25.4 Å². The van der Waals surface area contributed by atoms with Crippen LogP contribution < -0.4 is 15.0 Å². The summed E-state index contributed by atoms with van der Waals surface area (Å²) in [6.45, 7) is 6.22. The Kier molecular flexibility index (Phi) is 5.53. The van der Waals surface area contributed by atoms with Crippen molar-refractivity contribution >= 4 is 46.6 Å². The number of nitrogens with one attached hydrogen (secondary N) is 1. The van der Waals surface area contributed by atoms with Crippen molar-refractivity contribution in [2.45, 2.75) is 26.7 Å². The van der Waals surface area contributed by atoms with Crippen LogP contribution in [0.25, 0.3) is 6.08 Å². The van der Waals surface area contributed by atoms with E-state index in [0.29, 0.717) is 27.4 Å². The molecule has 0 radical (unpaired) electrons. The Bertz CT molecular complexity index is 936. The number of methoxy groups -OCH3 is 1. The number of benzene rings is 2. The van der Waals surface area contributed by atoms with Gasteiger partial charge in [-0.25, -0.2) is 0 Å². The van der Waals surface area contributed by atoms with Gasteiger partial charge in [0.15, 0.2) is 5.11 Å². The molecule has 1 heterocycles. The molecule has 6 heteroatoms. The molecule has 0 aromatic heterocycles. The second-order valence-electron chi connectivity index (χ2n) is 6.71. The second kappa shape index (κ2) is 7.71. The molecule has 0 spiro atoms. The van der Waals surface area contributed by atoms with Crippen molar-refractivity contribution in [3.8, 4) is 5.75 Å². The predicted molar refractivity (Wildman–Crippen MR) is 114 cm³/mol. The van der Waals surface area contributed by atoms with E-state index in [-0.39, 0.29) is 5.91 Å². The number of carbonyl (C=O) groups is 1. The largest absolute Gasteiger partial charge is 0.496 e. The summed E-state index contributed by atoms with van der Waals surface area (Å²) in [6, 6.07) is 11.1. The monoisotopic (exact) mass is 400 g/mol. The molecule has 1 amide bonds. The molecule has 140 valence electrons. The molecule has 2 aromatic carbocycles. The maximum absolute atomic E-state index is 12.9. The van der Waals surface area contributed by atoms with Gasteiger partial charge in [0.25, 0.3) is 5.91 Å². The molecular formula is C21H21ClN2O2S. The van der Waals surface area contributed by atoms with Crippen LogP contribution in [0.1, 0.15) is 36.5 Å². The van der Waals surface area contributed by atoms with E-state index in [4.69, 9.17) is 28.6 Å². The van der Waals surface area contributed by atoms with Crippen molar-refractivity contribution in [3.05, 3.63) is 63.8 Å². The van der Waals surface area contributed by atoms with Crippen LogP contribution >= 0.6 is 23.8 Å². The fourth-order valence-electron chi connectivity index (χ4n) is 3.01. The van der Waals surface area contributed by atoms with E-state index in [1.54, 1.807) is 31.4 Å². The van der Waals surface area contributed by atoms with E-state index >= 15 is 0 Å². The normalized spacial score (nSPS) is 15.6. The first-order chi connectivity index (χ1) is 12.8. The first kappa shape index (κ1) is 19.4. The quantitative estimate of drug-likeness (QED) is 0.576. The fourth-order valence-corrected chi connectivity index (χ4v) is 3.44. The summed E-state index contributed by atoms with van der Waals surface area (Å²) in [5.74, 6) is 0.967. The van der Waals surface area contributed by atoms with Gasteiger partial charge in [0.2, 0.25) is 0 Å². The van der Waals surface area contributed by atoms with Crippen LogP contribution in [0, 0.1) is 6.92 Å². The Morgan fingerprint density at radius 1 is 1.22 bits per heavy atom. The molecule has 2 aromatic rings. The lowest BCUT2D eigenvalue weighted by molar-refractivity contribution is -0.113. The minimum atomic E-state index is -0.191. The molecule has 1 fully saturated rings. The van der Waals surface area contributed by atoms with Crippen LogP contribution in [0.2, 0.25) is 5.02 Å². The van der Waals surface area contributed by atoms with Gasteiger partial charge in [-0.2, -0.15) is 0 Å². The van der Waals surface area contributed by atoms with Crippen molar-refractivity contribution in [1.82, 2.24) is 5.32 Å². The first-order valence-corrected chi connectivity index (χ1v) is 9.41. The molecular weight excluding hydrogens is 380 g/mol. The number of nitrogens with zero attached hydrogens (tertiary/aromatic N) is 1. The van der Waals surface area contributed by atoms with Gasteiger partial charge in [0.05, 0.1) is 12.8 Å².